The molecule has 0 rings (SSSR count). The predicted molar refractivity (Wildman–Crippen MR) is 203 cm³/mol. The van der Waals surface area contributed by atoms with Crippen LogP contribution in [0, 0.1) is 0 Å². The van der Waals surface area contributed by atoms with Crippen LogP contribution in [-0.4, -0.2) is 23.5 Å². The van der Waals surface area contributed by atoms with Gasteiger partial charge in [-0.2, -0.15) is 11.8 Å². The first kappa shape index (κ1) is 43.8. The smallest absolute Gasteiger partial charge is 0.216 e. The maximum Gasteiger partial charge on any atom is 0.216 e. The molecule has 3 heteroatoms. The highest BCUT2D eigenvalue weighted by Gasteiger charge is 2.10. The molecule has 1 amide bonds. The van der Waals surface area contributed by atoms with Crippen molar-refractivity contribution < 1.29 is 4.79 Å². The lowest BCUT2D eigenvalue weighted by molar-refractivity contribution is -0.118. The third kappa shape index (κ3) is 38.0. The maximum absolute atomic E-state index is 11.5. The summed E-state index contributed by atoms with van der Waals surface area (Å²) in [6, 6.07) is 0. The SMILES string of the molecule is CCCCCCCCCCCCCCCCCCCC(CNC(C)=O)SCCCCCCCCCCCCCCCCCC. The molecule has 0 saturated heterocycles. The van der Waals surface area contributed by atoms with Crippen molar-refractivity contribution in [2.75, 3.05) is 12.3 Å². The second-order valence-electron chi connectivity index (χ2n) is 14.2. The van der Waals surface area contributed by atoms with Gasteiger partial charge < -0.3 is 5.32 Å². The molecule has 44 heavy (non-hydrogen) atoms. The van der Waals surface area contributed by atoms with Crippen LogP contribution in [0.1, 0.15) is 239 Å². The van der Waals surface area contributed by atoms with Gasteiger partial charge in [-0.15, -0.1) is 0 Å². The van der Waals surface area contributed by atoms with Gasteiger partial charge in [0.15, 0.2) is 0 Å². The number of rotatable bonds is 38. The van der Waals surface area contributed by atoms with Crippen LogP contribution in [-0.2, 0) is 4.79 Å². The lowest BCUT2D eigenvalue weighted by Gasteiger charge is -2.17. The number of amides is 1. The average Bonchev–Trinajstić information content (AvgIpc) is 3.02. The van der Waals surface area contributed by atoms with E-state index in [1.54, 1.807) is 6.92 Å². The van der Waals surface area contributed by atoms with Gasteiger partial charge in [0.05, 0.1) is 0 Å². The highest BCUT2D eigenvalue weighted by molar-refractivity contribution is 7.99. The molecule has 1 N–H and O–H groups in total. The van der Waals surface area contributed by atoms with E-state index in [4.69, 9.17) is 0 Å². The van der Waals surface area contributed by atoms with Gasteiger partial charge in [0.1, 0.15) is 0 Å². The van der Waals surface area contributed by atoms with Crippen molar-refractivity contribution in [3.63, 3.8) is 0 Å². The summed E-state index contributed by atoms with van der Waals surface area (Å²) in [6.07, 6.45) is 48.5. The number of carbonyl (C=O) groups excluding carboxylic acids is 1. The molecule has 0 aromatic carbocycles. The quantitative estimate of drug-likeness (QED) is 0.0682. The van der Waals surface area contributed by atoms with Gasteiger partial charge in [-0.1, -0.05) is 219 Å². The number of hydrogen-bond acceptors (Lipinski definition) is 2. The molecule has 0 aliphatic carbocycles. The van der Waals surface area contributed by atoms with Crippen LogP contribution in [0.5, 0.6) is 0 Å². The number of thioether (sulfide) groups is 1. The van der Waals surface area contributed by atoms with Gasteiger partial charge in [-0.25, -0.2) is 0 Å². The molecule has 2 nitrogen and oxygen atoms in total. The largest absolute Gasteiger partial charge is 0.355 e. The molecular formula is C41H83NOS. The van der Waals surface area contributed by atoms with E-state index < -0.39 is 0 Å². The topological polar surface area (TPSA) is 29.1 Å². The molecule has 0 aromatic heterocycles. The molecule has 0 aliphatic heterocycles. The molecule has 0 heterocycles. The summed E-state index contributed by atoms with van der Waals surface area (Å²) < 4.78 is 0. The molecule has 1 unspecified atom stereocenters. The number of carbonyl (C=O) groups is 1. The number of hydrogen-bond donors (Lipinski definition) is 1. The molecule has 0 bridgehead atoms. The fourth-order valence-corrected chi connectivity index (χ4v) is 7.74. The summed E-state index contributed by atoms with van der Waals surface area (Å²) in [5, 5.41) is 3.70. The highest BCUT2D eigenvalue weighted by Crippen LogP contribution is 2.21. The zero-order chi connectivity index (χ0) is 32.0. The molecule has 0 saturated carbocycles. The lowest BCUT2D eigenvalue weighted by atomic mass is 10.0. The number of nitrogens with one attached hydrogen (secondary N) is 1. The predicted octanol–water partition coefficient (Wildman–Crippen LogP) is 14.5. The van der Waals surface area contributed by atoms with Crippen molar-refractivity contribution in [2.24, 2.45) is 0 Å². The Kier molecular flexibility index (Phi) is 38.8. The van der Waals surface area contributed by atoms with Crippen LogP contribution >= 0.6 is 11.8 Å². The van der Waals surface area contributed by atoms with E-state index in [2.05, 4.69) is 30.9 Å². The Morgan fingerprint density at radius 3 is 1.00 bits per heavy atom. The van der Waals surface area contributed by atoms with Crippen molar-refractivity contribution in [1.29, 1.82) is 0 Å². The van der Waals surface area contributed by atoms with E-state index in [1.165, 1.54) is 224 Å². The Morgan fingerprint density at radius 1 is 0.432 bits per heavy atom. The minimum atomic E-state index is 0.125. The molecule has 264 valence electrons. The summed E-state index contributed by atoms with van der Waals surface area (Å²) in [7, 11) is 0. The van der Waals surface area contributed by atoms with Crippen LogP contribution in [0.3, 0.4) is 0 Å². The monoisotopic (exact) mass is 638 g/mol. The van der Waals surface area contributed by atoms with Crippen LogP contribution in [0.2, 0.25) is 0 Å². The maximum atomic E-state index is 11.5. The zero-order valence-electron chi connectivity index (χ0n) is 30.8. The summed E-state index contributed by atoms with van der Waals surface area (Å²) >= 11 is 2.12. The molecule has 0 aliphatic rings. The van der Waals surface area contributed by atoms with Gasteiger partial charge in [-0.3, -0.25) is 4.79 Å². The first-order chi connectivity index (χ1) is 21.7. The molecule has 1 atom stereocenters. The van der Waals surface area contributed by atoms with Gasteiger partial charge >= 0.3 is 0 Å². The average molecular weight is 638 g/mol. The summed E-state index contributed by atoms with van der Waals surface area (Å²) in [5.74, 6) is 1.39. The van der Waals surface area contributed by atoms with Crippen LogP contribution < -0.4 is 5.32 Å². The minimum Gasteiger partial charge on any atom is -0.355 e. The Morgan fingerprint density at radius 2 is 0.705 bits per heavy atom. The van der Waals surface area contributed by atoms with Crippen molar-refractivity contribution in [2.45, 2.75) is 244 Å². The fraction of sp³-hybridized carbons (Fsp3) is 0.976. The first-order valence-electron chi connectivity index (χ1n) is 20.6. The normalized spacial score (nSPS) is 12.2. The van der Waals surface area contributed by atoms with E-state index in [0.717, 1.165) is 6.54 Å². The fourth-order valence-electron chi connectivity index (χ4n) is 6.50. The first-order valence-corrected chi connectivity index (χ1v) is 21.6. The Bertz CT molecular complexity index is 501. The van der Waals surface area contributed by atoms with Gasteiger partial charge in [0.2, 0.25) is 5.91 Å². The molecular weight excluding hydrogens is 555 g/mol. The van der Waals surface area contributed by atoms with Crippen molar-refractivity contribution >= 4 is 17.7 Å². The zero-order valence-corrected chi connectivity index (χ0v) is 31.7. The Hall–Kier alpha value is -0.180. The summed E-state index contributed by atoms with van der Waals surface area (Å²) in [5.41, 5.74) is 0. The van der Waals surface area contributed by atoms with E-state index in [1.807, 2.05) is 0 Å². The highest BCUT2D eigenvalue weighted by atomic mass is 32.2. The van der Waals surface area contributed by atoms with Crippen LogP contribution in [0.4, 0.5) is 0 Å². The number of unbranched alkanes of at least 4 members (excludes halogenated alkanes) is 31. The lowest BCUT2D eigenvalue weighted by Crippen LogP contribution is -2.28. The van der Waals surface area contributed by atoms with Crippen LogP contribution in [0.25, 0.3) is 0 Å². The van der Waals surface area contributed by atoms with E-state index in [-0.39, 0.29) is 5.91 Å². The summed E-state index contributed by atoms with van der Waals surface area (Å²) in [6.45, 7) is 7.12. The molecule has 0 aromatic rings. The van der Waals surface area contributed by atoms with E-state index in [0.29, 0.717) is 5.25 Å². The standard InChI is InChI=1S/C41H83NOS/c1-4-6-8-10-12-14-16-18-20-22-23-25-27-29-31-33-35-37-41(39-42-40(3)43)44-38-36-34-32-30-28-26-24-21-19-17-15-13-11-9-7-5-2/h41H,4-39H2,1-3H3,(H,42,43). The van der Waals surface area contributed by atoms with Crippen LogP contribution in [0.15, 0.2) is 0 Å². The third-order valence-corrected chi connectivity index (χ3v) is 11.0. The Balaban J connectivity index is 3.53. The van der Waals surface area contributed by atoms with E-state index in [9.17, 15) is 4.79 Å². The second-order valence-corrected chi connectivity index (χ2v) is 15.6. The van der Waals surface area contributed by atoms with Gasteiger partial charge in [-0.05, 0) is 18.6 Å². The van der Waals surface area contributed by atoms with Crippen molar-refractivity contribution in [1.82, 2.24) is 5.32 Å². The minimum absolute atomic E-state index is 0.125. The molecule has 0 spiro atoms. The third-order valence-electron chi connectivity index (χ3n) is 9.56. The van der Waals surface area contributed by atoms with Crippen molar-refractivity contribution in [3.05, 3.63) is 0 Å². The van der Waals surface area contributed by atoms with Gasteiger partial charge in [0.25, 0.3) is 0 Å². The second kappa shape index (κ2) is 39.0. The van der Waals surface area contributed by atoms with Crippen molar-refractivity contribution in [3.8, 4) is 0 Å². The molecule has 0 radical (unpaired) electrons. The van der Waals surface area contributed by atoms with Gasteiger partial charge in [0, 0.05) is 18.7 Å². The molecule has 0 fully saturated rings. The summed E-state index contributed by atoms with van der Waals surface area (Å²) in [4.78, 5) is 11.5. The Labute approximate surface area is 283 Å². The van der Waals surface area contributed by atoms with E-state index >= 15 is 0 Å².